The first-order chi connectivity index (χ1) is 6.49. The van der Waals surface area contributed by atoms with Gasteiger partial charge in [0.05, 0.1) is 0 Å². The van der Waals surface area contributed by atoms with Crippen molar-refractivity contribution in [1.82, 2.24) is 0 Å². The molecule has 0 saturated heterocycles. The molecule has 0 rings (SSSR count). The molecule has 0 bridgehead atoms. The van der Waals surface area contributed by atoms with Crippen molar-refractivity contribution in [2.45, 2.75) is 27.2 Å². The van der Waals surface area contributed by atoms with Gasteiger partial charge in [-0.25, -0.2) is 0 Å². The van der Waals surface area contributed by atoms with Gasteiger partial charge in [0.25, 0.3) is 0 Å². The van der Waals surface area contributed by atoms with E-state index in [4.69, 9.17) is 11.1 Å². The summed E-state index contributed by atoms with van der Waals surface area (Å²) in [5, 5.41) is 7.03. The molecule has 1 unspecified atom stereocenters. The molecule has 0 saturated carbocycles. The topological polar surface area (TPSA) is 79.3 Å². The maximum absolute atomic E-state index is 10.9. The van der Waals surface area contributed by atoms with Gasteiger partial charge in [-0.1, -0.05) is 13.8 Å². The van der Waals surface area contributed by atoms with Crippen LogP contribution in [0.25, 0.3) is 0 Å². The van der Waals surface area contributed by atoms with Gasteiger partial charge in [0.2, 0.25) is 5.91 Å². The van der Waals surface area contributed by atoms with Crippen LogP contribution in [0.15, 0.2) is 4.99 Å². The average Bonchev–Trinajstić information content (AvgIpc) is 2.03. The maximum Gasteiger partial charge on any atom is 0.231 e. The zero-order valence-corrected chi connectivity index (χ0v) is 9.08. The standard InChI is InChI=1S/C10H19N3O/c1-7(2)4-5-13-8(3)9(6-11)10(12)14/h6-7,9,11H,4-5H2,1-3H3,(H2,12,14). The molecule has 0 aliphatic rings. The van der Waals surface area contributed by atoms with Gasteiger partial charge < -0.3 is 11.1 Å². The summed E-state index contributed by atoms with van der Waals surface area (Å²) >= 11 is 0. The van der Waals surface area contributed by atoms with Gasteiger partial charge in [0.15, 0.2) is 0 Å². The highest BCUT2D eigenvalue weighted by molar-refractivity contribution is 6.13. The lowest BCUT2D eigenvalue weighted by molar-refractivity contribution is -0.118. The van der Waals surface area contributed by atoms with E-state index in [-0.39, 0.29) is 0 Å². The summed E-state index contributed by atoms with van der Waals surface area (Å²) in [4.78, 5) is 15.1. The van der Waals surface area contributed by atoms with Crippen molar-refractivity contribution in [3.05, 3.63) is 0 Å². The van der Waals surface area contributed by atoms with Gasteiger partial charge in [-0.15, -0.1) is 0 Å². The molecule has 0 fully saturated rings. The molecule has 0 aromatic rings. The second-order valence-electron chi connectivity index (χ2n) is 3.75. The van der Waals surface area contributed by atoms with Gasteiger partial charge in [-0.05, 0) is 19.3 Å². The third-order valence-corrected chi connectivity index (χ3v) is 1.99. The molecule has 4 nitrogen and oxygen atoms in total. The first-order valence-electron chi connectivity index (χ1n) is 4.79. The lowest BCUT2D eigenvalue weighted by Gasteiger charge is -2.07. The Kier molecular flexibility index (Phi) is 5.76. The van der Waals surface area contributed by atoms with Gasteiger partial charge >= 0.3 is 0 Å². The van der Waals surface area contributed by atoms with Crippen molar-refractivity contribution >= 4 is 17.8 Å². The number of carbonyl (C=O) groups is 1. The molecular weight excluding hydrogens is 178 g/mol. The molecule has 0 radical (unpaired) electrons. The highest BCUT2D eigenvalue weighted by Crippen LogP contribution is 2.01. The SMILES string of the molecule is CC(=NCCC(C)C)C(C=N)C(N)=O. The zero-order chi connectivity index (χ0) is 11.1. The third-order valence-electron chi connectivity index (χ3n) is 1.99. The van der Waals surface area contributed by atoms with E-state index < -0.39 is 11.8 Å². The van der Waals surface area contributed by atoms with Crippen molar-refractivity contribution < 1.29 is 4.79 Å². The van der Waals surface area contributed by atoms with E-state index in [1.807, 2.05) is 0 Å². The number of amides is 1. The molecule has 0 aromatic heterocycles. The van der Waals surface area contributed by atoms with Crippen LogP contribution >= 0.6 is 0 Å². The molecule has 0 aromatic carbocycles. The number of aliphatic imine (C=N–C) groups is 1. The monoisotopic (exact) mass is 197 g/mol. The number of nitrogens with two attached hydrogens (primary N) is 1. The Morgan fingerprint density at radius 3 is 2.50 bits per heavy atom. The molecule has 0 aliphatic heterocycles. The quantitative estimate of drug-likeness (QED) is 0.617. The van der Waals surface area contributed by atoms with Crippen molar-refractivity contribution in [2.24, 2.45) is 22.6 Å². The largest absolute Gasteiger partial charge is 0.369 e. The Morgan fingerprint density at radius 1 is 1.57 bits per heavy atom. The molecule has 3 N–H and O–H groups in total. The van der Waals surface area contributed by atoms with Gasteiger partial charge in [-0.3, -0.25) is 9.79 Å². The van der Waals surface area contributed by atoms with E-state index >= 15 is 0 Å². The Morgan fingerprint density at radius 2 is 2.14 bits per heavy atom. The van der Waals surface area contributed by atoms with Gasteiger partial charge in [-0.2, -0.15) is 0 Å². The van der Waals surface area contributed by atoms with Crippen molar-refractivity contribution in [1.29, 1.82) is 5.41 Å². The number of carbonyl (C=O) groups excluding carboxylic acids is 1. The predicted octanol–water partition coefficient (Wildman–Crippen LogP) is 1.24. The maximum atomic E-state index is 10.9. The fourth-order valence-corrected chi connectivity index (χ4v) is 1.01. The predicted molar refractivity (Wildman–Crippen MR) is 58.9 cm³/mol. The molecule has 14 heavy (non-hydrogen) atoms. The Balaban J connectivity index is 4.20. The van der Waals surface area contributed by atoms with Gasteiger partial charge in [0, 0.05) is 18.5 Å². The molecule has 4 heteroatoms. The van der Waals surface area contributed by atoms with Crippen molar-refractivity contribution in [2.75, 3.05) is 6.54 Å². The number of primary amides is 1. The van der Waals surface area contributed by atoms with E-state index in [0.29, 0.717) is 18.2 Å². The number of hydrogen-bond donors (Lipinski definition) is 2. The summed E-state index contributed by atoms with van der Waals surface area (Å²) in [6.07, 6.45) is 2.03. The first-order valence-corrected chi connectivity index (χ1v) is 4.79. The summed E-state index contributed by atoms with van der Waals surface area (Å²) in [5.41, 5.74) is 5.74. The van der Waals surface area contributed by atoms with Crippen LogP contribution in [0.5, 0.6) is 0 Å². The molecular formula is C10H19N3O. The second-order valence-corrected chi connectivity index (χ2v) is 3.75. The fourth-order valence-electron chi connectivity index (χ4n) is 1.01. The van der Waals surface area contributed by atoms with E-state index in [1.54, 1.807) is 6.92 Å². The van der Waals surface area contributed by atoms with Crippen molar-refractivity contribution in [3.63, 3.8) is 0 Å². The third kappa shape index (κ3) is 4.74. The van der Waals surface area contributed by atoms with Crippen molar-refractivity contribution in [3.8, 4) is 0 Å². The number of nitrogens with zero attached hydrogens (tertiary/aromatic N) is 1. The van der Waals surface area contributed by atoms with E-state index in [0.717, 1.165) is 12.6 Å². The summed E-state index contributed by atoms with van der Waals surface area (Å²) in [5.74, 6) is -0.550. The van der Waals surface area contributed by atoms with E-state index in [9.17, 15) is 4.79 Å². The summed E-state index contributed by atoms with van der Waals surface area (Å²) in [7, 11) is 0. The highest BCUT2D eigenvalue weighted by Gasteiger charge is 2.14. The minimum absolute atomic E-state index is 0.509. The number of rotatable bonds is 6. The summed E-state index contributed by atoms with van der Waals surface area (Å²) in [6, 6.07) is 0. The molecule has 0 heterocycles. The van der Waals surface area contributed by atoms with Crippen LogP contribution in [0.2, 0.25) is 0 Å². The highest BCUT2D eigenvalue weighted by atomic mass is 16.1. The van der Waals surface area contributed by atoms with Crippen LogP contribution in [0.4, 0.5) is 0 Å². The lowest BCUT2D eigenvalue weighted by Crippen LogP contribution is -2.30. The van der Waals surface area contributed by atoms with Crippen LogP contribution < -0.4 is 5.73 Å². The fraction of sp³-hybridized carbons (Fsp3) is 0.700. The first kappa shape index (κ1) is 12.8. The summed E-state index contributed by atoms with van der Waals surface area (Å²) in [6.45, 7) is 6.67. The number of nitrogens with one attached hydrogen (secondary N) is 1. The van der Waals surface area contributed by atoms with Crippen LogP contribution in [0.1, 0.15) is 27.2 Å². The van der Waals surface area contributed by atoms with Crippen LogP contribution in [0.3, 0.4) is 0 Å². The molecule has 0 aliphatic carbocycles. The van der Waals surface area contributed by atoms with Crippen LogP contribution in [0, 0.1) is 17.2 Å². The average molecular weight is 197 g/mol. The minimum atomic E-state index is -0.637. The van der Waals surface area contributed by atoms with Gasteiger partial charge in [0.1, 0.15) is 5.92 Å². The molecule has 0 spiro atoms. The lowest BCUT2D eigenvalue weighted by atomic mass is 10.1. The normalized spacial score (nSPS) is 14.1. The Bertz CT molecular complexity index is 234. The zero-order valence-electron chi connectivity index (χ0n) is 9.08. The summed E-state index contributed by atoms with van der Waals surface area (Å²) < 4.78 is 0. The molecule has 80 valence electrons. The van der Waals surface area contributed by atoms with E-state index in [2.05, 4.69) is 18.8 Å². The smallest absolute Gasteiger partial charge is 0.231 e. The minimum Gasteiger partial charge on any atom is -0.369 e. The van der Waals surface area contributed by atoms with Crippen LogP contribution in [-0.4, -0.2) is 24.4 Å². The Labute approximate surface area is 85.1 Å². The second kappa shape index (κ2) is 6.29. The number of hydrogen-bond acceptors (Lipinski definition) is 3. The molecule has 1 amide bonds. The van der Waals surface area contributed by atoms with Crippen LogP contribution in [-0.2, 0) is 4.79 Å². The van der Waals surface area contributed by atoms with E-state index in [1.165, 1.54) is 0 Å². The molecule has 1 atom stereocenters. The Hall–Kier alpha value is -1.19.